The molecule has 0 saturated heterocycles. The lowest BCUT2D eigenvalue weighted by Gasteiger charge is -2.07. The van der Waals surface area contributed by atoms with Crippen LogP contribution in [0.25, 0.3) is 0 Å². The minimum atomic E-state index is -3.41. The van der Waals surface area contributed by atoms with Crippen molar-refractivity contribution in [1.82, 2.24) is 10.3 Å². The van der Waals surface area contributed by atoms with Crippen LogP contribution < -0.4 is 0 Å². The molecule has 6 heteroatoms. The van der Waals surface area contributed by atoms with Gasteiger partial charge in [-0.05, 0) is 30.5 Å². The third-order valence-electron chi connectivity index (χ3n) is 2.98. The summed E-state index contributed by atoms with van der Waals surface area (Å²) in [7, 11) is -3.41. The van der Waals surface area contributed by atoms with Crippen LogP contribution in [0, 0.1) is 6.92 Å². The van der Waals surface area contributed by atoms with E-state index in [-0.39, 0.29) is 5.75 Å². The third-order valence-corrected chi connectivity index (χ3v) is 4.62. The number of aryl methyl sites for hydroxylation is 1. The monoisotopic (exact) mass is 280 g/mol. The van der Waals surface area contributed by atoms with Crippen molar-refractivity contribution in [2.45, 2.75) is 37.3 Å². The van der Waals surface area contributed by atoms with Crippen LogP contribution in [0.5, 0.6) is 0 Å². The highest BCUT2D eigenvalue weighted by Crippen LogP contribution is 2.20. The fourth-order valence-corrected chi connectivity index (χ4v) is 3.04. The molecule has 19 heavy (non-hydrogen) atoms. The third kappa shape index (κ3) is 3.01. The van der Waals surface area contributed by atoms with Gasteiger partial charge >= 0.3 is 0 Å². The second-order valence-electron chi connectivity index (χ2n) is 4.78. The molecular weight excluding hydrogens is 264 g/mol. The first kappa shape index (κ1) is 13.7. The van der Waals surface area contributed by atoms with Crippen LogP contribution in [0.1, 0.15) is 36.7 Å². The van der Waals surface area contributed by atoms with E-state index < -0.39 is 9.84 Å². The van der Waals surface area contributed by atoms with Gasteiger partial charge in [-0.3, -0.25) is 0 Å². The molecule has 0 saturated carbocycles. The highest BCUT2D eigenvalue weighted by atomic mass is 32.2. The van der Waals surface area contributed by atoms with Gasteiger partial charge in [-0.1, -0.05) is 36.3 Å². The fraction of sp³-hybridized carbons (Fsp3) is 0.385. The number of hydrogen-bond donors (Lipinski definition) is 0. The molecule has 0 amide bonds. The molecule has 0 N–H and O–H groups in total. The van der Waals surface area contributed by atoms with Crippen molar-refractivity contribution in [2.75, 3.05) is 0 Å². The molecule has 0 unspecified atom stereocenters. The summed E-state index contributed by atoms with van der Waals surface area (Å²) in [5.74, 6) is 0.183. The highest BCUT2D eigenvalue weighted by Gasteiger charge is 2.19. The molecular formula is C13H16N2O3S. The highest BCUT2D eigenvalue weighted by molar-refractivity contribution is 7.90. The molecule has 1 heterocycles. The summed E-state index contributed by atoms with van der Waals surface area (Å²) in [5.41, 5.74) is 1.97. The minimum Gasteiger partial charge on any atom is -0.244 e. The predicted molar refractivity (Wildman–Crippen MR) is 70.5 cm³/mol. The van der Waals surface area contributed by atoms with Crippen LogP contribution in [-0.4, -0.2) is 18.7 Å². The topological polar surface area (TPSA) is 73.1 Å². The normalized spacial score (nSPS) is 12.0. The van der Waals surface area contributed by atoms with Crippen molar-refractivity contribution in [1.29, 1.82) is 0 Å². The van der Waals surface area contributed by atoms with Crippen molar-refractivity contribution in [3.63, 3.8) is 0 Å². The van der Waals surface area contributed by atoms with Crippen LogP contribution in [0.4, 0.5) is 0 Å². The average Bonchev–Trinajstić information content (AvgIpc) is 2.74. The summed E-state index contributed by atoms with van der Waals surface area (Å²) >= 11 is 0. The van der Waals surface area contributed by atoms with E-state index in [0.717, 1.165) is 5.56 Å². The molecule has 0 bridgehead atoms. The zero-order valence-electron chi connectivity index (χ0n) is 11.1. The average molecular weight is 280 g/mol. The van der Waals surface area contributed by atoms with Gasteiger partial charge < -0.3 is 0 Å². The van der Waals surface area contributed by atoms with E-state index >= 15 is 0 Å². The number of aromatic nitrogens is 2. The first-order chi connectivity index (χ1) is 8.90. The van der Waals surface area contributed by atoms with E-state index in [9.17, 15) is 8.42 Å². The zero-order valence-corrected chi connectivity index (χ0v) is 11.9. The van der Waals surface area contributed by atoms with Crippen LogP contribution in [0.3, 0.4) is 0 Å². The lowest BCUT2D eigenvalue weighted by atomic mass is 10.0. The van der Waals surface area contributed by atoms with Crippen LogP contribution in [0.15, 0.2) is 33.8 Å². The van der Waals surface area contributed by atoms with Gasteiger partial charge in [0.2, 0.25) is 0 Å². The number of hydrogen-bond acceptors (Lipinski definition) is 5. The first-order valence-corrected chi connectivity index (χ1v) is 7.66. The van der Waals surface area contributed by atoms with Gasteiger partial charge in [-0.25, -0.2) is 13.0 Å². The van der Waals surface area contributed by atoms with Gasteiger partial charge in [0, 0.05) is 0 Å². The molecule has 0 radical (unpaired) electrons. The van der Waals surface area contributed by atoms with Crippen molar-refractivity contribution in [3.8, 4) is 0 Å². The first-order valence-electron chi connectivity index (χ1n) is 6.01. The molecule has 5 nitrogen and oxygen atoms in total. The van der Waals surface area contributed by atoms with Gasteiger partial charge in [0.15, 0.2) is 9.84 Å². The lowest BCUT2D eigenvalue weighted by molar-refractivity contribution is 0.302. The quantitative estimate of drug-likeness (QED) is 0.860. The second-order valence-corrected chi connectivity index (χ2v) is 6.77. The number of sulfone groups is 1. The summed E-state index contributed by atoms with van der Waals surface area (Å²) < 4.78 is 29.0. The molecule has 2 rings (SSSR count). The van der Waals surface area contributed by atoms with Crippen molar-refractivity contribution < 1.29 is 13.0 Å². The maximum atomic E-state index is 12.2. The van der Waals surface area contributed by atoms with Gasteiger partial charge in [-0.15, -0.1) is 0 Å². The molecule has 0 aliphatic carbocycles. The molecule has 0 fully saturated rings. The van der Waals surface area contributed by atoms with Crippen LogP contribution >= 0.6 is 0 Å². The van der Waals surface area contributed by atoms with E-state index in [0.29, 0.717) is 22.2 Å². The van der Waals surface area contributed by atoms with E-state index in [2.05, 4.69) is 28.8 Å². The Morgan fingerprint density at radius 2 is 1.79 bits per heavy atom. The van der Waals surface area contributed by atoms with Crippen LogP contribution in [0.2, 0.25) is 0 Å². The Morgan fingerprint density at radius 1 is 1.16 bits per heavy atom. The molecule has 0 aliphatic rings. The van der Waals surface area contributed by atoms with E-state index in [1.807, 2.05) is 12.1 Å². The minimum absolute atomic E-state index is 0.191. The Bertz CT molecular complexity index is 657. The van der Waals surface area contributed by atoms with E-state index in [1.54, 1.807) is 19.1 Å². The summed E-state index contributed by atoms with van der Waals surface area (Å²) in [4.78, 5) is 0.291. The molecule has 2 aromatic rings. The van der Waals surface area contributed by atoms with Gasteiger partial charge in [-0.2, -0.15) is 0 Å². The second kappa shape index (κ2) is 5.13. The summed E-state index contributed by atoms with van der Waals surface area (Å²) in [6.45, 7) is 5.80. The van der Waals surface area contributed by atoms with Crippen molar-refractivity contribution >= 4 is 9.84 Å². The molecule has 0 atom stereocenters. The number of rotatable bonds is 4. The molecule has 1 aromatic heterocycles. The largest absolute Gasteiger partial charge is 0.244 e. The smallest absolute Gasteiger partial charge is 0.184 e. The van der Waals surface area contributed by atoms with Gasteiger partial charge in [0.05, 0.1) is 4.90 Å². The Hall–Kier alpha value is -1.69. The lowest BCUT2D eigenvalue weighted by Crippen LogP contribution is -2.06. The van der Waals surface area contributed by atoms with E-state index in [4.69, 9.17) is 0 Å². The molecule has 102 valence electrons. The SMILES string of the molecule is Cc1nonc1CS(=O)(=O)c1ccc(C(C)C)cc1. The number of benzene rings is 1. The Kier molecular flexibility index (Phi) is 3.71. The summed E-state index contributed by atoms with van der Waals surface area (Å²) in [6, 6.07) is 6.94. The summed E-state index contributed by atoms with van der Waals surface area (Å²) in [6.07, 6.45) is 0. The standard InChI is InChI=1S/C13H16N2O3S/c1-9(2)11-4-6-12(7-5-11)19(16,17)8-13-10(3)14-18-15-13/h4-7,9H,8H2,1-3H3. The Labute approximate surface area is 112 Å². The molecule has 1 aromatic carbocycles. The van der Waals surface area contributed by atoms with Gasteiger partial charge in [0.25, 0.3) is 0 Å². The Morgan fingerprint density at radius 3 is 2.26 bits per heavy atom. The maximum Gasteiger partial charge on any atom is 0.184 e. The van der Waals surface area contributed by atoms with E-state index in [1.165, 1.54) is 0 Å². The zero-order chi connectivity index (χ0) is 14.0. The number of nitrogens with zero attached hydrogens (tertiary/aromatic N) is 2. The molecule has 0 aliphatic heterocycles. The van der Waals surface area contributed by atoms with Crippen molar-refractivity contribution in [3.05, 3.63) is 41.2 Å². The summed E-state index contributed by atoms with van der Waals surface area (Å²) in [5, 5.41) is 7.19. The molecule has 0 spiro atoms. The Balaban J connectivity index is 2.27. The maximum absolute atomic E-state index is 12.2. The fourth-order valence-electron chi connectivity index (χ4n) is 1.70. The predicted octanol–water partition coefficient (Wildman–Crippen LogP) is 2.48. The van der Waals surface area contributed by atoms with Crippen molar-refractivity contribution in [2.24, 2.45) is 0 Å². The van der Waals surface area contributed by atoms with Gasteiger partial charge in [0.1, 0.15) is 17.1 Å². The van der Waals surface area contributed by atoms with Crippen LogP contribution in [-0.2, 0) is 15.6 Å².